The second-order valence-electron chi connectivity index (χ2n) is 4.87. The molecule has 0 fully saturated rings. The fraction of sp³-hybridized carbons (Fsp3) is 0.133. The lowest BCUT2D eigenvalue weighted by Gasteiger charge is -2.05. The number of aryl methyl sites for hydroxylation is 1. The summed E-state index contributed by atoms with van der Waals surface area (Å²) >= 11 is 7.19. The van der Waals surface area contributed by atoms with Gasteiger partial charge in [-0.3, -0.25) is 9.59 Å². The number of aromatic hydroxyl groups is 1. The summed E-state index contributed by atoms with van der Waals surface area (Å²) in [6, 6.07) is 6.63. The van der Waals surface area contributed by atoms with Crippen molar-refractivity contribution in [2.75, 3.05) is 0 Å². The Labute approximate surface area is 140 Å². The summed E-state index contributed by atoms with van der Waals surface area (Å²) in [6.45, 7) is 0.151. The lowest BCUT2D eigenvalue weighted by atomic mass is 10.1. The number of rotatable bonds is 5. The first-order valence-corrected chi connectivity index (χ1v) is 7.99. The summed E-state index contributed by atoms with van der Waals surface area (Å²) in [5.74, 6) is -1.08. The highest BCUT2D eigenvalue weighted by Gasteiger charge is 2.25. The molecule has 0 unspecified atom stereocenters. The quantitative estimate of drug-likeness (QED) is 0.546. The minimum atomic E-state index is -0.501. The van der Waals surface area contributed by atoms with E-state index in [1.165, 1.54) is 15.9 Å². The van der Waals surface area contributed by atoms with Crippen LogP contribution in [0, 0.1) is 0 Å². The van der Waals surface area contributed by atoms with Crippen molar-refractivity contribution in [3.05, 3.63) is 45.2 Å². The highest BCUT2D eigenvalue weighted by molar-refractivity contribution is 7.12. The van der Waals surface area contributed by atoms with Crippen LogP contribution in [0.2, 0.25) is 5.15 Å². The smallest absolute Gasteiger partial charge is 0.219 e. The molecule has 3 aromatic heterocycles. The van der Waals surface area contributed by atoms with Crippen molar-refractivity contribution < 1.29 is 14.7 Å². The normalized spacial score (nSPS) is 11.0. The monoisotopic (exact) mass is 349 g/mol. The van der Waals surface area contributed by atoms with Crippen LogP contribution in [0.15, 0.2) is 29.6 Å². The fourth-order valence-electron chi connectivity index (χ4n) is 2.37. The average Bonchev–Trinajstić information content (AvgIpc) is 3.10. The van der Waals surface area contributed by atoms with Crippen LogP contribution in [-0.4, -0.2) is 26.3 Å². The molecule has 0 bridgehead atoms. The van der Waals surface area contributed by atoms with Gasteiger partial charge in [-0.1, -0.05) is 17.7 Å². The number of halogens is 1. The van der Waals surface area contributed by atoms with Crippen molar-refractivity contribution >= 4 is 45.7 Å². The molecule has 0 aromatic carbocycles. The molecular formula is C15H12ClN3O3S. The number of thiophene rings is 1. The van der Waals surface area contributed by atoms with Gasteiger partial charge in [0.1, 0.15) is 16.2 Å². The number of carbonyl (C=O) groups excluding carboxylic acids is 2. The van der Waals surface area contributed by atoms with E-state index < -0.39 is 5.91 Å². The second-order valence-corrected chi connectivity index (χ2v) is 6.21. The third-order valence-electron chi connectivity index (χ3n) is 3.40. The van der Waals surface area contributed by atoms with Gasteiger partial charge in [-0.25, -0.2) is 4.98 Å². The van der Waals surface area contributed by atoms with Crippen molar-refractivity contribution in [3.63, 3.8) is 0 Å². The Morgan fingerprint density at radius 3 is 2.78 bits per heavy atom. The van der Waals surface area contributed by atoms with E-state index in [1.54, 1.807) is 29.6 Å². The Kier molecular flexibility index (Phi) is 4.06. The molecule has 0 spiro atoms. The number of aromatic nitrogens is 2. The number of ketones is 1. The van der Waals surface area contributed by atoms with E-state index in [1.807, 2.05) is 0 Å². The molecule has 23 heavy (non-hydrogen) atoms. The predicted molar refractivity (Wildman–Crippen MR) is 88.0 cm³/mol. The van der Waals surface area contributed by atoms with Crippen molar-refractivity contribution in [2.24, 2.45) is 5.73 Å². The lowest BCUT2D eigenvalue weighted by Crippen LogP contribution is -2.13. The molecule has 3 rings (SSSR count). The SMILES string of the molecule is NC(=O)CCn1c(O)c(C(=O)c2cccs2)c2nc(Cl)ccc21. The van der Waals surface area contributed by atoms with Gasteiger partial charge in [0.25, 0.3) is 0 Å². The molecule has 0 radical (unpaired) electrons. The van der Waals surface area contributed by atoms with Gasteiger partial charge in [-0.2, -0.15) is 0 Å². The maximum atomic E-state index is 12.7. The Morgan fingerprint density at radius 1 is 1.35 bits per heavy atom. The number of carbonyl (C=O) groups is 2. The maximum absolute atomic E-state index is 12.7. The van der Waals surface area contributed by atoms with Crippen molar-refractivity contribution in [2.45, 2.75) is 13.0 Å². The van der Waals surface area contributed by atoms with Crippen LogP contribution < -0.4 is 5.73 Å². The van der Waals surface area contributed by atoms with Crippen molar-refractivity contribution in [1.29, 1.82) is 0 Å². The summed E-state index contributed by atoms with van der Waals surface area (Å²) in [6.07, 6.45) is 0.0343. The van der Waals surface area contributed by atoms with Crippen LogP contribution in [0.5, 0.6) is 5.88 Å². The third kappa shape index (κ3) is 2.80. The first-order valence-electron chi connectivity index (χ1n) is 6.73. The van der Waals surface area contributed by atoms with Gasteiger partial charge in [0.2, 0.25) is 17.6 Å². The van der Waals surface area contributed by atoms with Crippen LogP contribution in [-0.2, 0) is 11.3 Å². The minimum absolute atomic E-state index is 0.0343. The molecule has 0 saturated carbocycles. The standard InChI is InChI=1S/C15H12ClN3O3S/c16-10-4-3-8-13(18-10)12(14(21)9-2-1-7-23-9)15(22)19(8)6-5-11(17)20/h1-4,7,22H,5-6H2,(H2,17,20). The third-order valence-corrected chi connectivity index (χ3v) is 4.48. The van der Waals surface area contributed by atoms with Crippen LogP contribution in [0.25, 0.3) is 11.0 Å². The highest BCUT2D eigenvalue weighted by Crippen LogP contribution is 2.33. The van der Waals surface area contributed by atoms with E-state index >= 15 is 0 Å². The Bertz CT molecular complexity index is 902. The molecule has 3 N–H and O–H groups in total. The number of hydrogen-bond donors (Lipinski definition) is 2. The first-order chi connectivity index (χ1) is 11.0. The summed E-state index contributed by atoms with van der Waals surface area (Å²) < 4.78 is 1.45. The van der Waals surface area contributed by atoms with Gasteiger partial charge < -0.3 is 15.4 Å². The molecule has 0 aliphatic heterocycles. The molecule has 0 aliphatic rings. The number of fused-ring (bicyclic) bond motifs is 1. The summed E-state index contributed by atoms with van der Waals surface area (Å²) in [4.78, 5) is 28.3. The lowest BCUT2D eigenvalue weighted by molar-refractivity contribution is -0.118. The molecule has 118 valence electrons. The molecule has 1 amide bonds. The number of hydrogen-bond acceptors (Lipinski definition) is 5. The van der Waals surface area contributed by atoms with Gasteiger partial charge >= 0.3 is 0 Å². The summed E-state index contributed by atoms with van der Waals surface area (Å²) in [5, 5.41) is 12.5. The van der Waals surface area contributed by atoms with E-state index in [0.29, 0.717) is 15.9 Å². The van der Waals surface area contributed by atoms with Crippen LogP contribution in [0.3, 0.4) is 0 Å². The number of amides is 1. The van der Waals surface area contributed by atoms with Gasteiger partial charge in [-0.15, -0.1) is 11.3 Å². The maximum Gasteiger partial charge on any atom is 0.219 e. The first kappa shape index (κ1) is 15.5. The minimum Gasteiger partial charge on any atom is -0.494 e. The Hall–Kier alpha value is -2.38. The number of pyridine rings is 1. The number of nitrogens with two attached hydrogens (primary N) is 1. The van der Waals surface area contributed by atoms with E-state index in [9.17, 15) is 14.7 Å². The fourth-order valence-corrected chi connectivity index (χ4v) is 3.19. The van der Waals surface area contributed by atoms with Crippen molar-refractivity contribution in [1.82, 2.24) is 9.55 Å². The highest BCUT2D eigenvalue weighted by atomic mass is 35.5. The van der Waals surface area contributed by atoms with Crippen LogP contribution in [0.1, 0.15) is 21.7 Å². The van der Waals surface area contributed by atoms with Gasteiger partial charge in [-0.05, 0) is 23.6 Å². The Morgan fingerprint density at radius 2 is 2.13 bits per heavy atom. The molecular weight excluding hydrogens is 338 g/mol. The number of primary amides is 1. The van der Waals surface area contributed by atoms with Gasteiger partial charge in [0.05, 0.1) is 10.4 Å². The molecule has 0 aliphatic carbocycles. The van der Waals surface area contributed by atoms with E-state index in [0.717, 1.165) is 0 Å². The molecule has 0 saturated heterocycles. The predicted octanol–water partition coefficient (Wildman–Crippen LogP) is 2.56. The zero-order valence-corrected chi connectivity index (χ0v) is 13.4. The van der Waals surface area contributed by atoms with Crippen LogP contribution in [0.4, 0.5) is 0 Å². The molecule has 0 atom stereocenters. The molecule has 6 nitrogen and oxygen atoms in total. The zero-order valence-electron chi connectivity index (χ0n) is 11.8. The van der Waals surface area contributed by atoms with E-state index in [4.69, 9.17) is 17.3 Å². The zero-order chi connectivity index (χ0) is 16.6. The molecule has 3 heterocycles. The van der Waals surface area contributed by atoms with Gasteiger partial charge in [0.15, 0.2) is 0 Å². The summed E-state index contributed by atoms with van der Waals surface area (Å²) in [7, 11) is 0. The average molecular weight is 350 g/mol. The molecule has 3 aromatic rings. The van der Waals surface area contributed by atoms with Crippen LogP contribution >= 0.6 is 22.9 Å². The summed E-state index contributed by atoms with van der Waals surface area (Å²) in [5.41, 5.74) is 6.07. The number of nitrogens with zero attached hydrogens (tertiary/aromatic N) is 2. The second kappa shape index (κ2) is 6.02. The van der Waals surface area contributed by atoms with E-state index in [-0.39, 0.29) is 35.3 Å². The topological polar surface area (TPSA) is 98.2 Å². The molecule has 8 heteroatoms. The Balaban J connectivity index is 2.20. The van der Waals surface area contributed by atoms with E-state index in [2.05, 4.69) is 4.98 Å². The van der Waals surface area contributed by atoms with Crippen molar-refractivity contribution in [3.8, 4) is 5.88 Å². The largest absolute Gasteiger partial charge is 0.494 e. The van der Waals surface area contributed by atoms with Gasteiger partial charge in [0, 0.05) is 13.0 Å².